The Balaban J connectivity index is 1.69. The zero-order valence-corrected chi connectivity index (χ0v) is 18.7. The number of nitrogens with zero attached hydrogens (tertiary/aromatic N) is 2. The minimum atomic E-state index is -3.57. The van der Waals surface area contributed by atoms with Gasteiger partial charge in [0.2, 0.25) is 15.9 Å². The number of amides is 1. The summed E-state index contributed by atoms with van der Waals surface area (Å²) in [4.78, 5) is 14.4. The Bertz CT molecular complexity index is 1000. The first-order chi connectivity index (χ1) is 14.8. The fraction of sp³-hybridized carbons (Fsp3) is 0.409. The number of carbonyl (C=O) groups is 1. The highest BCUT2D eigenvalue weighted by molar-refractivity contribution is 7.89. The maximum absolute atomic E-state index is 13.0. The molecule has 31 heavy (non-hydrogen) atoms. The van der Waals surface area contributed by atoms with Crippen molar-refractivity contribution in [2.24, 2.45) is 0 Å². The van der Waals surface area contributed by atoms with E-state index in [0.717, 1.165) is 30.5 Å². The first kappa shape index (κ1) is 23.0. The van der Waals surface area contributed by atoms with E-state index in [1.165, 1.54) is 16.4 Å². The van der Waals surface area contributed by atoms with Crippen LogP contribution in [0.25, 0.3) is 0 Å². The fourth-order valence-corrected chi connectivity index (χ4v) is 5.05. The van der Waals surface area contributed by atoms with Gasteiger partial charge in [-0.15, -0.1) is 0 Å². The zero-order valence-electron chi connectivity index (χ0n) is 17.9. The second-order valence-corrected chi connectivity index (χ2v) is 9.73. The number of anilines is 2. The van der Waals surface area contributed by atoms with E-state index >= 15 is 0 Å². The standard InChI is InChI=1S/C22H29FN4O3S/c1-26(2)21-11-10-19(31(29,30)27-12-4-3-5-13-27)14-20(21)24-16-22(28)25-15-17-6-8-18(23)9-7-17/h6-11,14,24H,3-5,12-13,15-16H2,1-2H3,(H,25,28). The lowest BCUT2D eigenvalue weighted by atomic mass is 10.2. The van der Waals surface area contributed by atoms with Crippen LogP contribution in [-0.2, 0) is 21.4 Å². The summed E-state index contributed by atoms with van der Waals surface area (Å²) in [5.74, 6) is -0.578. The van der Waals surface area contributed by atoms with Crippen molar-refractivity contribution < 1.29 is 17.6 Å². The molecule has 3 rings (SSSR count). The lowest BCUT2D eigenvalue weighted by molar-refractivity contribution is -0.119. The summed E-state index contributed by atoms with van der Waals surface area (Å²) in [6, 6.07) is 10.9. The smallest absolute Gasteiger partial charge is 0.243 e. The molecule has 7 nitrogen and oxygen atoms in total. The predicted octanol–water partition coefficient (Wildman–Crippen LogP) is 2.79. The minimum absolute atomic E-state index is 0.0186. The molecule has 2 aromatic carbocycles. The molecule has 1 amide bonds. The second kappa shape index (κ2) is 10.1. The van der Waals surface area contributed by atoms with Crippen molar-refractivity contribution in [3.05, 3.63) is 53.8 Å². The first-order valence-corrected chi connectivity index (χ1v) is 11.8. The molecule has 1 aliphatic rings. The topological polar surface area (TPSA) is 81.8 Å². The van der Waals surface area contributed by atoms with Crippen molar-refractivity contribution in [3.63, 3.8) is 0 Å². The van der Waals surface area contributed by atoms with Crippen LogP contribution >= 0.6 is 0 Å². The van der Waals surface area contributed by atoms with Crippen molar-refractivity contribution >= 4 is 27.3 Å². The van der Waals surface area contributed by atoms with Gasteiger partial charge in [0.05, 0.1) is 22.8 Å². The number of halogens is 1. The van der Waals surface area contributed by atoms with Gasteiger partial charge in [-0.1, -0.05) is 18.6 Å². The average Bonchev–Trinajstić information content (AvgIpc) is 2.77. The molecular formula is C22H29FN4O3S. The van der Waals surface area contributed by atoms with Gasteiger partial charge in [0.15, 0.2) is 0 Å². The van der Waals surface area contributed by atoms with Gasteiger partial charge in [-0.25, -0.2) is 12.8 Å². The number of benzene rings is 2. The van der Waals surface area contributed by atoms with Crippen molar-refractivity contribution in [1.29, 1.82) is 0 Å². The lowest BCUT2D eigenvalue weighted by Gasteiger charge is -2.27. The highest BCUT2D eigenvalue weighted by Crippen LogP contribution is 2.29. The van der Waals surface area contributed by atoms with Gasteiger partial charge in [0, 0.05) is 33.7 Å². The van der Waals surface area contributed by atoms with Crippen LogP contribution in [0.2, 0.25) is 0 Å². The van der Waals surface area contributed by atoms with Crippen LogP contribution in [0, 0.1) is 5.82 Å². The SMILES string of the molecule is CN(C)c1ccc(S(=O)(=O)N2CCCCC2)cc1NCC(=O)NCc1ccc(F)cc1. The van der Waals surface area contributed by atoms with Crippen LogP contribution in [0.1, 0.15) is 24.8 Å². The Morgan fingerprint density at radius 2 is 1.74 bits per heavy atom. The molecule has 1 aliphatic heterocycles. The zero-order chi connectivity index (χ0) is 22.4. The molecule has 1 saturated heterocycles. The molecule has 2 aromatic rings. The van der Waals surface area contributed by atoms with Gasteiger partial charge in [0.25, 0.3) is 0 Å². The molecule has 0 radical (unpaired) electrons. The summed E-state index contributed by atoms with van der Waals surface area (Å²) in [6.07, 6.45) is 2.79. The summed E-state index contributed by atoms with van der Waals surface area (Å²) in [6.45, 7) is 1.33. The van der Waals surface area contributed by atoms with Gasteiger partial charge in [-0.05, 0) is 48.7 Å². The molecule has 0 unspecified atom stereocenters. The normalized spacial score (nSPS) is 14.8. The summed E-state index contributed by atoms with van der Waals surface area (Å²) >= 11 is 0. The Morgan fingerprint density at radius 1 is 1.06 bits per heavy atom. The van der Waals surface area contributed by atoms with Gasteiger partial charge in [0.1, 0.15) is 5.82 Å². The summed E-state index contributed by atoms with van der Waals surface area (Å²) in [5.41, 5.74) is 2.14. The summed E-state index contributed by atoms with van der Waals surface area (Å²) < 4.78 is 40.6. The van der Waals surface area contributed by atoms with E-state index in [-0.39, 0.29) is 29.7 Å². The second-order valence-electron chi connectivity index (χ2n) is 7.79. The van der Waals surface area contributed by atoms with Gasteiger partial charge in [-0.3, -0.25) is 4.79 Å². The van der Waals surface area contributed by atoms with Gasteiger partial charge < -0.3 is 15.5 Å². The van der Waals surface area contributed by atoms with Crippen LogP contribution in [0.5, 0.6) is 0 Å². The maximum atomic E-state index is 13.0. The first-order valence-electron chi connectivity index (χ1n) is 10.3. The molecular weight excluding hydrogens is 419 g/mol. The average molecular weight is 449 g/mol. The van der Waals surface area contributed by atoms with Gasteiger partial charge in [-0.2, -0.15) is 4.31 Å². The molecule has 168 valence electrons. The van der Waals surface area contributed by atoms with Gasteiger partial charge >= 0.3 is 0 Å². The number of hydrogen-bond acceptors (Lipinski definition) is 5. The number of carbonyl (C=O) groups excluding carboxylic acids is 1. The number of hydrogen-bond donors (Lipinski definition) is 2. The third-order valence-electron chi connectivity index (χ3n) is 5.24. The van der Waals surface area contributed by atoms with E-state index < -0.39 is 10.0 Å². The van der Waals surface area contributed by atoms with E-state index in [4.69, 9.17) is 0 Å². The molecule has 0 saturated carbocycles. The molecule has 0 spiro atoms. The van der Waals surface area contributed by atoms with Crippen LogP contribution < -0.4 is 15.5 Å². The molecule has 1 heterocycles. The Kier molecular flexibility index (Phi) is 7.50. The van der Waals surface area contributed by atoms with Crippen molar-refractivity contribution in [2.75, 3.05) is 43.9 Å². The highest BCUT2D eigenvalue weighted by atomic mass is 32.2. The van der Waals surface area contributed by atoms with Crippen LogP contribution in [-0.4, -0.2) is 52.4 Å². The Morgan fingerprint density at radius 3 is 2.39 bits per heavy atom. The molecule has 0 aliphatic carbocycles. The quantitative estimate of drug-likeness (QED) is 0.649. The third-order valence-corrected chi connectivity index (χ3v) is 7.14. The Hall–Kier alpha value is -2.65. The van der Waals surface area contributed by atoms with Crippen LogP contribution in [0.3, 0.4) is 0 Å². The van der Waals surface area contributed by atoms with Crippen molar-refractivity contribution in [3.8, 4) is 0 Å². The minimum Gasteiger partial charge on any atom is -0.376 e. The number of piperidine rings is 1. The molecule has 9 heteroatoms. The number of sulfonamides is 1. The van der Waals surface area contributed by atoms with Crippen molar-refractivity contribution in [2.45, 2.75) is 30.7 Å². The van der Waals surface area contributed by atoms with Crippen molar-refractivity contribution in [1.82, 2.24) is 9.62 Å². The lowest BCUT2D eigenvalue weighted by Crippen LogP contribution is -2.35. The number of nitrogens with one attached hydrogen (secondary N) is 2. The fourth-order valence-electron chi connectivity index (χ4n) is 3.50. The van der Waals surface area contributed by atoms with Crippen LogP contribution in [0.15, 0.2) is 47.4 Å². The summed E-state index contributed by atoms with van der Waals surface area (Å²) in [5, 5.41) is 5.83. The van der Waals surface area contributed by atoms with E-state index in [1.807, 2.05) is 19.0 Å². The Labute approximate surface area is 183 Å². The summed E-state index contributed by atoms with van der Waals surface area (Å²) in [7, 11) is 0.138. The van der Waals surface area contributed by atoms with E-state index in [0.29, 0.717) is 18.8 Å². The molecule has 2 N–H and O–H groups in total. The van der Waals surface area contributed by atoms with E-state index in [2.05, 4.69) is 10.6 Å². The largest absolute Gasteiger partial charge is 0.376 e. The van der Waals surface area contributed by atoms with E-state index in [9.17, 15) is 17.6 Å². The molecule has 0 bridgehead atoms. The monoisotopic (exact) mass is 448 g/mol. The highest BCUT2D eigenvalue weighted by Gasteiger charge is 2.26. The predicted molar refractivity (Wildman–Crippen MR) is 120 cm³/mol. The third kappa shape index (κ3) is 5.95. The maximum Gasteiger partial charge on any atom is 0.243 e. The van der Waals surface area contributed by atoms with Crippen LogP contribution in [0.4, 0.5) is 15.8 Å². The molecule has 0 atom stereocenters. The van der Waals surface area contributed by atoms with E-state index in [1.54, 1.807) is 30.3 Å². The molecule has 1 fully saturated rings. The number of rotatable bonds is 8. The molecule has 0 aromatic heterocycles.